The van der Waals surface area contributed by atoms with Crippen LogP contribution < -0.4 is 18.9 Å². The van der Waals surface area contributed by atoms with Gasteiger partial charge >= 0.3 is 11.9 Å². The van der Waals surface area contributed by atoms with Gasteiger partial charge in [-0.1, -0.05) is 0 Å². The molecule has 0 bridgehead atoms. The molecule has 0 fully saturated rings. The van der Waals surface area contributed by atoms with Gasteiger partial charge in [0.25, 0.3) is 0 Å². The molecule has 0 unspecified atom stereocenters. The highest BCUT2D eigenvalue weighted by Gasteiger charge is 2.19. The minimum absolute atomic E-state index is 0.0261. The predicted molar refractivity (Wildman–Crippen MR) is 113 cm³/mol. The minimum Gasteiger partial charge on any atom is -0.497 e. The number of ether oxygens (including phenoxy) is 4. The first-order valence-corrected chi connectivity index (χ1v) is 9.31. The molecule has 3 aromatic rings. The van der Waals surface area contributed by atoms with E-state index in [0.717, 1.165) is 6.07 Å². The van der Waals surface area contributed by atoms with Gasteiger partial charge in [0.1, 0.15) is 11.5 Å². The number of hydrogen-bond donors (Lipinski definition) is 0. The number of aldehydes is 1. The van der Waals surface area contributed by atoms with E-state index < -0.39 is 17.7 Å². The van der Waals surface area contributed by atoms with Crippen LogP contribution >= 0.6 is 0 Å². The summed E-state index contributed by atoms with van der Waals surface area (Å²) < 4.78 is 20.8. The van der Waals surface area contributed by atoms with E-state index in [1.54, 1.807) is 24.3 Å². The lowest BCUT2D eigenvalue weighted by Crippen LogP contribution is -2.13. The Hall–Kier alpha value is -4.46. The molecule has 0 heterocycles. The molecule has 0 aliphatic heterocycles. The molecule has 3 aromatic carbocycles. The number of ketones is 1. The van der Waals surface area contributed by atoms with E-state index in [4.69, 9.17) is 18.9 Å². The van der Waals surface area contributed by atoms with Crippen molar-refractivity contribution >= 4 is 24.0 Å². The number of hydrogen-bond acceptors (Lipinski definition) is 8. The van der Waals surface area contributed by atoms with Gasteiger partial charge in [-0.15, -0.1) is 0 Å². The number of carbonyl (C=O) groups is 4. The lowest BCUT2D eigenvalue weighted by molar-refractivity contribution is -0.104. The molecule has 0 amide bonds. The van der Waals surface area contributed by atoms with Crippen molar-refractivity contribution in [2.75, 3.05) is 14.2 Å². The SMILES string of the molecule is COc1ccc(C(=O)Oc2ccc(C(=O)C=O)cc2OC(=O)c2ccc(OC)cc2)cc1. The molecule has 0 saturated carbocycles. The van der Waals surface area contributed by atoms with Gasteiger partial charge in [0.2, 0.25) is 5.78 Å². The Morgan fingerprint density at radius 1 is 0.625 bits per heavy atom. The van der Waals surface area contributed by atoms with Crippen LogP contribution in [0.25, 0.3) is 0 Å². The maximum atomic E-state index is 12.6. The third-order valence-corrected chi connectivity index (χ3v) is 4.39. The van der Waals surface area contributed by atoms with Crippen LogP contribution in [0.4, 0.5) is 0 Å². The summed E-state index contributed by atoms with van der Waals surface area (Å²) in [7, 11) is 2.99. The highest BCUT2D eigenvalue weighted by molar-refractivity contribution is 6.33. The molecule has 0 spiro atoms. The summed E-state index contributed by atoms with van der Waals surface area (Å²) in [5.41, 5.74) is 0.401. The molecule has 0 aromatic heterocycles. The van der Waals surface area contributed by atoms with Crippen LogP contribution in [0, 0.1) is 0 Å². The van der Waals surface area contributed by atoms with Crippen LogP contribution in [0.5, 0.6) is 23.0 Å². The summed E-state index contributed by atoms with van der Waals surface area (Å²) in [6, 6.07) is 16.1. The third-order valence-electron chi connectivity index (χ3n) is 4.39. The second-order valence-electron chi connectivity index (χ2n) is 6.38. The Bertz CT molecular complexity index is 1150. The first-order valence-electron chi connectivity index (χ1n) is 9.31. The zero-order valence-corrected chi connectivity index (χ0v) is 17.2. The van der Waals surface area contributed by atoms with E-state index in [1.165, 1.54) is 50.6 Å². The molecule has 162 valence electrons. The maximum absolute atomic E-state index is 12.6. The Morgan fingerprint density at radius 2 is 1.06 bits per heavy atom. The standard InChI is InChI=1S/C24H18O8/c1-29-18-8-3-15(4-9-18)23(27)31-21-12-7-17(20(26)14-25)13-22(21)32-24(28)16-5-10-19(30-2)11-6-16/h3-14H,1-2H3. The number of esters is 2. The average molecular weight is 434 g/mol. The van der Waals surface area contributed by atoms with Crippen molar-refractivity contribution in [2.45, 2.75) is 0 Å². The van der Waals surface area contributed by atoms with Crippen molar-refractivity contribution in [3.63, 3.8) is 0 Å². The lowest BCUT2D eigenvalue weighted by atomic mass is 10.1. The van der Waals surface area contributed by atoms with Gasteiger partial charge in [0.05, 0.1) is 25.3 Å². The van der Waals surface area contributed by atoms with Crippen LogP contribution in [0.1, 0.15) is 31.1 Å². The maximum Gasteiger partial charge on any atom is 0.343 e. The molecule has 0 aliphatic rings. The minimum atomic E-state index is -0.820. The fraction of sp³-hybridized carbons (Fsp3) is 0.0833. The Kier molecular flexibility index (Phi) is 6.97. The van der Waals surface area contributed by atoms with Gasteiger partial charge in [-0.05, 0) is 66.7 Å². The molecule has 0 atom stereocenters. The molecular weight excluding hydrogens is 416 g/mol. The fourth-order valence-corrected chi connectivity index (χ4v) is 2.67. The highest BCUT2D eigenvalue weighted by atomic mass is 16.6. The molecule has 0 N–H and O–H groups in total. The van der Waals surface area contributed by atoms with Gasteiger partial charge in [-0.3, -0.25) is 9.59 Å². The van der Waals surface area contributed by atoms with Crippen LogP contribution in [0.2, 0.25) is 0 Å². The summed E-state index contributed by atoms with van der Waals surface area (Å²) in [6.07, 6.45) is 0.132. The van der Waals surface area contributed by atoms with Gasteiger partial charge < -0.3 is 18.9 Å². The normalized spacial score (nSPS) is 10.1. The molecule has 0 radical (unpaired) electrons. The quantitative estimate of drug-likeness (QED) is 0.174. The molecule has 8 nitrogen and oxygen atoms in total. The third kappa shape index (κ3) is 5.17. The fourth-order valence-electron chi connectivity index (χ4n) is 2.67. The number of Topliss-reactive ketones (excluding diaryl/α,β-unsaturated/α-hetero) is 1. The summed E-state index contributed by atoms with van der Waals surface area (Å²) in [5.74, 6) is -1.48. The van der Waals surface area contributed by atoms with E-state index in [9.17, 15) is 19.2 Å². The second kappa shape index (κ2) is 10.0. The van der Waals surface area contributed by atoms with E-state index in [1.807, 2.05) is 0 Å². The van der Waals surface area contributed by atoms with Crippen molar-refractivity contribution < 1.29 is 38.1 Å². The van der Waals surface area contributed by atoms with Gasteiger partial charge in [0, 0.05) is 5.56 Å². The topological polar surface area (TPSA) is 105 Å². The molecule has 3 rings (SSSR count). The zero-order valence-electron chi connectivity index (χ0n) is 17.2. The smallest absolute Gasteiger partial charge is 0.343 e. The van der Waals surface area contributed by atoms with Crippen molar-refractivity contribution in [3.05, 3.63) is 83.4 Å². The van der Waals surface area contributed by atoms with Gasteiger partial charge in [-0.2, -0.15) is 0 Å². The monoisotopic (exact) mass is 434 g/mol. The van der Waals surface area contributed by atoms with Crippen LogP contribution in [0.15, 0.2) is 66.7 Å². The van der Waals surface area contributed by atoms with Crippen LogP contribution in [0.3, 0.4) is 0 Å². The van der Waals surface area contributed by atoms with Crippen molar-refractivity contribution in [1.29, 1.82) is 0 Å². The molecule has 0 aliphatic carbocycles. The van der Waals surface area contributed by atoms with Crippen molar-refractivity contribution in [3.8, 4) is 23.0 Å². The summed E-state index contributed by atoms with van der Waals surface area (Å²) in [4.78, 5) is 47.7. The number of methoxy groups -OCH3 is 2. The van der Waals surface area contributed by atoms with Crippen molar-refractivity contribution in [1.82, 2.24) is 0 Å². The van der Waals surface area contributed by atoms with Gasteiger partial charge in [-0.25, -0.2) is 9.59 Å². The zero-order chi connectivity index (χ0) is 23.1. The Labute approximate surface area is 183 Å². The van der Waals surface area contributed by atoms with E-state index >= 15 is 0 Å². The summed E-state index contributed by atoms with van der Waals surface area (Å²) >= 11 is 0. The van der Waals surface area contributed by atoms with Crippen molar-refractivity contribution in [2.24, 2.45) is 0 Å². The molecule has 8 heteroatoms. The largest absolute Gasteiger partial charge is 0.497 e. The van der Waals surface area contributed by atoms with E-state index in [2.05, 4.69) is 0 Å². The summed E-state index contributed by atoms with van der Waals surface area (Å²) in [6.45, 7) is 0. The highest BCUT2D eigenvalue weighted by Crippen LogP contribution is 2.30. The number of benzene rings is 3. The average Bonchev–Trinajstić information content (AvgIpc) is 2.84. The Balaban J connectivity index is 1.89. The van der Waals surface area contributed by atoms with Crippen LogP contribution in [-0.2, 0) is 4.79 Å². The first kappa shape index (κ1) is 22.2. The molecular formula is C24H18O8. The Morgan fingerprint density at radius 3 is 1.50 bits per heavy atom. The van der Waals surface area contributed by atoms with Gasteiger partial charge in [0.15, 0.2) is 17.8 Å². The number of carbonyl (C=O) groups excluding carboxylic acids is 4. The second-order valence-corrected chi connectivity index (χ2v) is 6.38. The number of rotatable bonds is 8. The van der Waals surface area contributed by atoms with E-state index in [0.29, 0.717) is 11.5 Å². The summed E-state index contributed by atoms with van der Waals surface area (Å²) in [5, 5.41) is 0. The molecule has 0 saturated heterocycles. The lowest BCUT2D eigenvalue weighted by Gasteiger charge is -2.12. The van der Waals surface area contributed by atoms with Crippen LogP contribution in [-0.4, -0.2) is 38.2 Å². The molecule has 32 heavy (non-hydrogen) atoms. The predicted octanol–water partition coefficient (Wildman–Crippen LogP) is 3.52. The first-order chi connectivity index (χ1) is 15.4. The van der Waals surface area contributed by atoms with E-state index in [-0.39, 0.29) is 34.5 Å².